The Morgan fingerprint density at radius 2 is 2.03 bits per heavy atom. The maximum absolute atomic E-state index is 13.9. The second-order valence-corrected chi connectivity index (χ2v) is 8.46. The molecule has 1 spiro atoms. The van der Waals surface area contributed by atoms with Crippen LogP contribution in [0.2, 0.25) is 0 Å². The number of morpholine rings is 1. The summed E-state index contributed by atoms with van der Waals surface area (Å²) >= 11 is 0. The van der Waals surface area contributed by atoms with E-state index in [9.17, 15) is 14.0 Å². The van der Waals surface area contributed by atoms with Gasteiger partial charge in [0.2, 0.25) is 0 Å². The van der Waals surface area contributed by atoms with E-state index in [1.807, 2.05) is 12.1 Å². The number of amides is 2. The first-order valence-corrected chi connectivity index (χ1v) is 10.8. The molecule has 0 bridgehead atoms. The maximum atomic E-state index is 13.9. The molecule has 2 aliphatic heterocycles. The molecule has 0 aliphatic carbocycles. The Balaban J connectivity index is 1.48. The Bertz CT molecular complexity index is 1170. The lowest BCUT2D eigenvalue weighted by molar-refractivity contribution is -0.172. The van der Waals surface area contributed by atoms with Crippen molar-refractivity contribution in [2.75, 3.05) is 26.2 Å². The Hall–Kier alpha value is -3.59. The van der Waals surface area contributed by atoms with Crippen molar-refractivity contribution in [2.24, 2.45) is 7.05 Å². The van der Waals surface area contributed by atoms with Crippen molar-refractivity contribution >= 4 is 11.8 Å². The van der Waals surface area contributed by atoms with Crippen LogP contribution in [0.3, 0.4) is 0 Å². The van der Waals surface area contributed by atoms with Gasteiger partial charge >= 0.3 is 0 Å². The number of benzene rings is 1. The lowest BCUT2D eigenvalue weighted by Gasteiger charge is -2.42. The molecule has 2 aromatic heterocycles. The number of hydrogen-bond acceptors (Lipinski definition) is 5. The quantitative estimate of drug-likeness (QED) is 0.609. The van der Waals surface area contributed by atoms with Gasteiger partial charge in [-0.05, 0) is 35.4 Å². The van der Waals surface area contributed by atoms with E-state index >= 15 is 0 Å². The Labute approximate surface area is 190 Å². The van der Waals surface area contributed by atoms with Gasteiger partial charge in [0.25, 0.3) is 11.8 Å². The van der Waals surface area contributed by atoms with Gasteiger partial charge in [-0.25, -0.2) is 4.39 Å². The van der Waals surface area contributed by atoms with E-state index in [0.717, 1.165) is 11.1 Å². The van der Waals surface area contributed by atoms with E-state index in [1.54, 1.807) is 53.6 Å². The molecule has 8 nitrogen and oxygen atoms in total. The molecule has 2 atom stereocenters. The number of carbonyl (C=O) groups is 2. The number of halogens is 1. The number of hydrogen-bond donors (Lipinski definition) is 0. The lowest BCUT2D eigenvalue weighted by Crippen LogP contribution is -2.60. The highest BCUT2D eigenvalue weighted by atomic mass is 19.1. The van der Waals surface area contributed by atoms with Crippen molar-refractivity contribution in [2.45, 2.75) is 18.1 Å². The second kappa shape index (κ2) is 8.40. The molecule has 4 heterocycles. The molecular formula is C24H24FN5O3. The molecule has 2 amide bonds. The minimum atomic E-state index is -1.21. The molecule has 0 saturated carbocycles. The number of pyridine rings is 1. The minimum Gasteiger partial charge on any atom is -0.361 e. The zero-order valence-electron chi connectivity index (χ0n) is 18.2. The zero-order chi connectivity index (χ0) is 23.0. The highest BCUT2D eigenvalue weighted by molar-refractivity contribution is 5.95. The average molecular weight is 449 g/mol. The summed E-state index contributed by atoms with van der Waals surface area (Å²) in [6, 6.07) is 11.5. The number of aryl methyl sites for hydroxylation is 1. The summed E-state index contributed by atoms with van der Waals surface area (Å²) < 4.78 is 21.1. The van der Waals surface area contributed by atoms with Crippen LogP contribution in [-0.2, 0) is 23.1 Å². The normalized spacial score (nSPS) is 22.8. The topological polar surface area (TPSA) is 80.6 Å². The van der Waals surface area contributed by atoms with Crippen LogP contribution < -0.4 is 0 Å². The predicted molar refractivity (Wildman–Crippen MR) is 117 cm³/mol. The first-order valence-electron chi connectivity index (χ1n) is 10.8. The van der Waals surface area contributed by atoms with E-state index < -0.39 is 5.60 Å². The van der Waals surface area contributed by atoms with Crippen LogP contribution in [0, 0.1) is 5.82 Å². The SMILES string of the molecule is Cn1nccc1C(=O)N1C[C@H](c2cccnc2)[C@]2(C1)OCCN(Cc1ccc(F)cc1)C2=O. The number of aromatic nitrogens is 3. The average Bonchev–Trinajstić information content (AvgIpc) is 3.43. The predicted octanol–water partition coefficient (Wildman–Crippen LogP) is 1.99. The van der Waals surface area contributed by atoms with Crippen LogP contribution in [0.25, 0.3) is 0 Å². The summed E-state index contributed by atoms with van der Waals surface area (Å²) in [5.74, 6) is -1.06. The second-order valence-electron chi connectivity index (χ2n) is 8.46. The fourth-order valence-electron chi connectivity index (χ4n) is 4.78. The third kappa shape index (κ3) is 3.78. The van der Waals surface area contributed by atoms with Gasteiger partial charge in [0.1, 0.15) is 11.5 Å². The monoisotopic (exact) mass is 449 g/mol. The summed E-state index contributed by atoms with van der Waals surface area (Å²) in [4.78, 5) is 34.8. The number of nitrogens with zero attached hydrogens (tertiary/aromatic N) is 5. The molecule has 0 unspecified atom stereocenters. The van der Waals surface area contributed by atoms with Gasteiger partial charge in [-0.3, -0.25) is 19.3 Å². The van der Waals surface area contributed by atoms with Crippen LogP contribution in [0.5, 0.6) is 0 Å². The molecule has 170 valence electrons. The van der Waals surface area contributed by atoms with E-state index in [-0.39, 0.29) is 30.1 Å². The highest BCUT2D eigenvalue weighted by Gasteiger charge is 2.58. The lowest BCUT2D eigenvalue weighted by atomic mass is 9.83. The molecule has 1 aromatic carbocycles. The maximum Gasteiger partial charge on any atom is 0.272 e. The molecule has 2 saturated heterocycles. The van der Waals surface area contributed by atoms with Gasteiger partial charge in [-0.1, -0.05) is 18.2 Å². The Kier molecular flexibility index (Phi) is 5.41. The molecule has 33 heavy (non-hydrogen) atoms. The van der Waals surface area contributed by atoms with Gasteiger partial charge in [0.05, 0.1) is 13.2 Å². The Morgan fingerprint density at radius 3 is 2.73 bits per heavy atom. The molecule has 3 aromatic rings. The Morgan fingerprint density at radius 1 is 1.21 bits per heavy atom. The van der Waals surface area contributed by atoms with Crippen LogP contribution in [0.1, 0.15) is 27.5 Å². The highest BCUT2D eigenvalue weighted by Crippen LogP contribution is 2.42. The number of carbonyl (C=O) groups excluding carboxylic acids is 2. The molecule has 2 aliphatic rings. The van der Waals surface area contributed by atoms with Crippen LogP contribution in [0.15, 0.2) is 61.1 Å². The van der Waals surface area contributed by atoms with E-state index in [1.165, 1.54) is 16.8 Å². The van der Waals surface area contributed by atoms with E-state index in [0.29, 0.717) is 31.9 Å². The minimum absolute atomic E-state index is 0.134. The molecular weight excluding hydrogens is 425 g/mol. The third-order valence-electron chi connectivity index (χ3n) is 6.46. The van der Waals surface area contributed by atoms with E-state index in [2.05, 4.69) is 10.1 Å². The van der Waals surface area contributed by atoms with Crippen LogP contribution in [-0.4, -0.2) is 68.2 Å². The summed E-state index contributed by atoms with van der Waals surface area (Å²) in [6.45, 7) is 1.58. The van der Waals surface area contributed by atoms with Crippen LogP contribution in [0.4, 0.5) is 4.39 Å². The number of likely N-dealkylation sites (tertiary alicyclic amines) is 1. The van der Waals surface area contributed by atoms with Gasteiger partial charge in [-0.2, -0.15) is 5.10 Å². The largest absolute Gasteiger partial charge is 0.361 e. The van der Waals surface area contributed by atoms with Crippen molar-refractivity contribution in [3.05, 3.63) is 83.7 Å². The van der Waals surface area contributed by atoms with E-state index in [4.69, 9.17) is 4.74 Å². The van der Waals surface area contributed by atoms with Crippen molar-refractivity contribution in [3.8, 4) is 0 Å². The smallest absolute Gasteiger partial charge is 0.272 e. The van der Waals surface area contributed by atoms with Crippen molar-refractivity contribution in [1.29, 1.82) is 0 Å². The standard InChI is InChI=1S/C24H24FN5O3/c1-28-21(8-10-27-28)22(31)30-15-20(18-3-2-9-26-13-18)24(16-30)23(32)29(11-12-33-24)14-17-4-6-19(25)7-5-17/h2-10,13,20H,11-12,14-16H2,1H3/t20-,24+/m1/s1. The molecule has 2 fully saturated rings. The summed E-state index contributed by atoms with van der Waals surface area (Å²) in [7, 11) is 1.71. The molecule has 0 N–H and O–H groups in total. The number of ether oxygens (including phenoxy) is 1. The summed E-state index contributed by atoms with van der Waals surface area (Å²) in [6.07, 6.45) is 4.97. The van der Waals surface area contributed by atoms with Crippen LogP contribution >= 0.6 is 0 Å². The van der Waals surface area contributed by atoms with Gasteiger partial charge < -0.3 is 14.5 Å². The van der Waals surface area contributed by atoms with Gasteiger partial charge in [-0.15, -0.1) is 0 Å². The first kappa shape index (κ1) is 21.3. The summed E-state index contributed by atoms with van der Waals surface area (Å²) in [5, 5.41) is 4.10. The first-order chi connectivity index (χ1) is 16.0. The van der Waals surface area contributed by atoms with Crippen molar-refractivity contribution < 1.29 is 18.7 Å². The van der Waals surface area contributed by atoms with Gasteiger partial charge in [0.15, 0.2) is 5.60 Å². The number of rotatable bonds is 4. The third-order valence-corrected chi connectivity index (χ3v) is 6.46. The molecule has 0 radical (unpaired) electrons. The molecule has 5 rings (SSSR count). The fourth-order valence-corrected chi connectivity index (χ4v) is 4.78. The van der Waals surface area contributed by atoms with Crippen molar-refractivity contribution in [1.82, 2.24) is 24.6 Å². The molecule has 9 heteroatoms. The summed E-state index contributed by atoms with van der Waals surface area (Å²) in [5.41, 5.74) is 0.911. The zero-order valence-corrected chi connectivity index (χ0v) is 18.2. The fraction of sp³-hybridized carbons (Fsp3) is 0.333. The van der Waals surface area contributed by atoms with Crippen molar-refractivity contribution in [3.63, 3.8) is 0 Å². The van der Waals surface area contributed by atoms with Gasteiger partial charge in [0, 0.05) is 51.2 Å².